The molecule has 1 unspecified atom stereocenters. The van der Waals surface area contributed by atoms with Crippen LogP contribution in [0, 0.1) is 11.7 Å². The second-order valence-electron chi connectivity index (χ2n) is 10.3. The minimum Gasteiger partial charge on any atom is -0.493 e. The van der Waals surface area contributed by atoms with Gasteiger partial charge in [-0.25, -0.2) is 4.39 Å². The number of hydrogen-bond acceptors (Lipinski definition) is 7. The number of halogens is 2. The van der Waals surface area contributed by atoms with Crippen LogP contribution in [0.1, 0.15) is 31.4 Å². The van der Waals surface area contributed by atoms with Crippen LogP contribution >= 0.6 is 15.9 Å². The topological polar surface area (TPSA) is 111 Å². The Kier molecular flexibility index (Phi) is 9.73. The van der Waals surface area contributed by atoms with E-state index in [1.165, 1.54) is 12.1 Å². The molecule has 11 heteroatoms. The maximum atomic E-state index is 15.1. The average molecular weight is 652 g/mol. The van der Waals surface area contributed by atoms with Crippen molar-refractivity contribution in [1.29, 1.82) is 0 Å². The zero-order valence-electron chi connectivity index (χ0n) is 23.8. The number of benzene rings is 3. The lowest BCUT2D eigenvalue weighted by molar-refractivity contribution is -0.136. The minimum atomic E-state index is -0.914. The number of methoxy groups -OCH3 is 1. The zero-order valence-corrected chi connectivity index (χ0v) is 25.4. The maximum Gasteiger partial charge on any atom is 0.313 e. The highest BCUT2D eigenvalue weighted by Gasteiger charge is 2.20. The third-order valence-corrected chi connectivity index (χ3v) is 7.78. The first kappa shape index (κ1) is 30.2. The van der Waals surface area contributed by atoms with E-state index >= 15 is 4.39 Å². The molecule has 9 nitrogen and oxygen atoms in total. The van der Waals surface area contributed by atoms with Gasteiger partial charge in [0.25, 0.3) is 0 Å². The lowest BCUT2D eigenvalue weighted by Crippen LogP contribution is -2.36. The lowest BCUT2D eigenvalue weighted by Gasteiger charge is -2.23. The number of rotatable bonds is 9. The molecular weight excluding hydrogens is 619 g/mol. The van der Waals surface area contributed by atoms with Gasteiger partial charge < -0.3 is 30.2 Å². The molecule has 1 fully saturated rings. The fraction of sp³-hybridized carbons (Fsp3) is 0.281. The van der Waals surface area contributed by atoms with E-state index in [0.717, 1.165) is 42.0 Å². The fourth-order valence-corrected chi connectivity index (χ4v) is 5.07. The number of amides is 2. The van der Waals surface area contributed by atoms with E-state index in [4.69, 9.17) is 14.2 Å². The Bertz CT molecular complexity index is 1610. The van der Waals surface area contributed by atoms with Crippen molar-refractivity contribution >= 4 is 44.3 Å². The maximum absolute atomic E-state index is 15.1. The summed E-state index contributed by atoms with van der Waals surface area (Å²) in [5, 5.41) is 9.03. The van der Waals surface area contributed by atoms with Gasteiger partial charge >= 0.3 is 11.8 Å². The minimum absolute atomic E-state index is 0.0657. The van der Waals surface area contributed by atoms with Gasteiger partial charge in [0, 0.05) is 33.9 Å². The second-order valence-corrected chi connectivity index (χ2v) is 11.2. The summed E-state index contributed by atoms with van der Waals surface area (Å²) in [6.07, 6.45) is 3.68. The number of carbonyl (C=O) groups is 2. The predicted molar refractivity (Wildman–Crippen MR) is 165 cm³/mol. The summed E-state index contributed by atoms with van der Waals surface area (Å²) in [5.74, 6) is -0.607. The van der Waals surface area contributed by atoms with E-state index < -0.39 is 23.7 Å². The number of anilines is 1. The molecule has 0 saturated carbocycles. The number of nitrogens with zero attached hydrogens (tertiary/aromatic N) is 1. The molecule has 224 valence electrons. The number of hydrogen-bond donors (Lipinski definition) is 3. The molecule has 4 aromatic rings. The van der Waals surface area contributed by atoms with E-state index in [1.54, 1.807) is 38.4 Å². The van der Waals surface area contributed by atoms with E-state index in [-0.39, 0.29) is 11.4 Å². The Balaban J connectivity index is 1.25. The summed E-state index contributed by atoms with van der Waals surface area (Å²) in [6.45, 7) is 4.32. The molecule has 3 aromatic carbocycles. The van der Waals surface area contributed by atoms with Gasteiger partial charge in [-0.2, -0.15) is 0 Å². The van der Waals surface area contributed by atoms with Gasteiger partial charge in [-0.05, 0) is 80.7 Å². The van der Waals surface area contributed by atoms with E-state index in [9.17, 15) is 9.59 Å². The van der Waals surface area contributed by atoms with Crippen LogP contribution in [0.25, 0.3) is 10.9 Å². The summed E-state index contributed by atoms with van der Waals surface area (Å²) in [6, 6.07) is 16.1. The van der Waals surface area contributed by atoms with Gasteiger partial charge in [-0.1, -0.05) is 28.1 Å². The molecule has 0 spiro atoms. The molecule has 0 radical (unpaired) electrons. The largest absolute Gasteiger partial charge is 0.493 e. The van der Waals surface area contributed by atoms with Crippen LogP contribution in [0.5, 0.6) is 23.0 Å². The number of carbonyl (C=O) groups excluding carboxylic acids is 2. The number of aromatic nitrogens is 1. The molecule has 43 heavy (non-hydrogen) atoms. The summed E-state index contributed by atoms with van der Waals surface area (Å²) in [4.78, 5) is 29.3. The second kappa shape index (κ2) is 13.8. The van der Waals surface area contributed by atoms with E-state index in [2.05, 4.69) is 36.9 Å². The lowest BCUT2D eigenvalue weighted by atomic mass is 9.99. The summed E-state index contributed by atoms with van der Waals surface area (Å²) >= 11 is 3.37. The number of ether oxygens (including phenoxy) is 3. The SMILES string of the molecule is COc1cc2c(Oc3ccc(NC(=O)C(=O)NC(C)c4ccc(Br)cc4)cc3F)ccnc2cc1OCC1CCNCC1. The van der Waals surface area contributed by atoms with Crippen LogP contribution in [0.15, 0.2) is 71.3 Å². The van der Waals surface area contributed by atoms with Crippen molar-refractivity contribution in [2.75, 3.05) is 32.1 Å². The van der Waals surface area contributed by atoms with Crippen molar-refractivity contribution in [3.63, 3.8) is 0 Å². The van der Waals surface area contributed by atoms with Gasteiger partial charge in [0.15, 0.2) is 23.1 Å². The van der Waals surface area contributed by atoms with Gasteiger partial charge in [0.1, 0.15) is 5.75 Å². The Morgan fingerprint density at radius 1 is 1.00 bits per heavy atom. The van der Waals surface area contributed by atoms with Crippen LogP contribution < -0.4 is 30.2 Å². The third-order valence-electron chi connectivity index (χ3n) is 7.25. The molecule has 2 heterocycles. The van der Waals surface area contributed by atoms with Crippen molar-refractivity contribution in [3.05, 3.63) is 82.7 Å². The van der Waals surface area contributed by atoms with Gasteiger partial charge in [0.05, 0.1) is 25.3 Å². The van der Waals surface area contributed by atoms with Crippen molar-refractivity contribution in [1.82, 2.24) is 15.6 Å². The number of pyridine rings is 1. The molecule has 1 aromatic heterocycles. The van der Waals surface area contributed by atoms with Crippen LogP contribution in [-0.4, -0.2) is 43.6 Å². The molecule has 0 aliphatic carbocycles. The molecule has 2 amide bonds. The van der Waals surface area contributed by atoms with Crippen LogP contribution in [0.4, 0.5) is 10.1 Å². The van der Waals surface area contributed by atoms with Crippen molar-refractivity contribution in [2.45, 2.75) is 25.8 Å². The highest BCUT2D eigenvalue weighted by Crippen LogP contribution is 2.38. The average Bonchev–Trinajstić information content (AvgIpc) is 3.01. The molecule has 1 saturated heterocycles. The first-order valence-corrected chi connectivity index (χ1v) is 14.7. The molecule has 5 rings (SSSR count). The Labute approximate surface area is 257 Å². The zero-order chi connectivity index (χ0) is 30.3. The number of nitrogens with one attached hydrogen (secondary N) is 3. The molecule has 0 bridgehead atoms. The monoisotopic (exact) mass is 650 g/mol. The van der Waals surface area contributed by atoms with Crippen molar-refractivity contribution < 1.29 is 28.2 Å². The van der Waals surface area contributed by atoms with Crippen LogP contribution in [0.2, 0.25) is 0 Å². The Morgan fingerprint density at radius 2 is 1.77 bits per heavy atom. The molecule has 3 N–H and O–H groups in total. The Morgan fingerprint density at radius 3 is 2.49 bits per heavy atom. The quantitative estimate of drug-likeness (QED) is 0.187. The van der Waals surface area contributed by atoms with Gasteiger partial charge in [0.2, 0.25) is 0 Å². The summed E-state index contributed by atoms with van der Waals surface area (Å²) < 4.78 is 33.6. The van der Waals surface area contributed by atoms with Crippen molar-refractivity contribution in [3.8, 4) is 23.0 Å². The molecule has 1 aliphatic heterocycles. The first-order valence-electron chi connectivity index (χ1n) is 14.0. The third kappa shape index (κ3) is 7.60. The molecule has 1 atom stereocenters. The molecular formula is C32H32BrFN4O5. The highest BCUT2D eigenvalue weighted by atomic mass is 79.9. The van der Waals surface area contributed by atoms with Crippen LogP contribution in [-0.2, 0) is 9.59 Å². The normalized spacial score (nSPS) is 14.1. The van der Waals surface area contributed by atoms with Gasteiger partial charge in [-0.15, -0.1) is 0 Å². The van der Waals surface area contributed by atoms with Crippen molar-refractivity contribution in [2.24, 2.45) is 5.92 Å². The number of piperidine rings is 1. The summed E-state index contributed by atoms with van der Waals surface area (Å²) in [5.41, 5.74) is 1.54. The summed E-state index contributed by atoms with van der Waals surface area (Å²) in [7, 11) is 1.56. The first-order chi connectivity index (χ1) is 20.8. The van der Waals surface area contributed by atoms with Crippen LogP contribution in [0.3, 0.4) is 0 Å². The number of fused-ring (bicyclic) bond motifs is 1. The van der Waals surface area contributed by atoms with Gasteiger partial charge in [-0.3, -0.25) is 14.6 Å². The highest BCUT2D eigenvalue weighted by molar-refractivity contribution is 9.10. The molecule has 1 aliphatic rings. The predicted octanol–water partition coefficient (Wildman–Crippen LogP) is 6.13. The fourth-order valence-electron chi connectivity index (χ4n) is 4.81. The Hall–Kier alpha value is -4.22. The van der Waals surface area contributed by atoms with E-state index in [1.807, 2.05) is 24.3 Å². The smallest absolute Gasteiger partial charge is 0.313 e. The standard InChI is InChI=1S/C32H32BrFN4O5/c1-19(21-3-5-22(33)6-4-21)37-31(39)32(40)38-23-7-8-28(25(34)15-23)43-27-11-14-36-26-17-30(29(41-2)16-24(26)27)42-18-20-9-12-35-13-10-20/h3-8,11,14-17,19-20,35H,9-10,12-13,18H2,1-2H3,(H,37,39)(H,38,40). The van der Waals surface area contributed by atoms with E-state index in [0.29, 0.717) is 40.7 Å².